The predicted molar refractivity (Wildman–Crippen MR) is 87.1 cm³/mol. The largest absolute Gasteiger partial charge is 0.398 e. The minimum Gasteiger partial charge on any atom is -0.398 e. The molecule has 0 radical (unpaired) electrons. The van der Waals surface area contributed by atoms with Gasteiger partial charge in [0.25, 0.3) is 5.56 Å². The van der Waals surface area contributed by atoms with Gasteiger partial charge in [0.2, 0.25) is 0 Å². The van der Waals surface area contributed by atoms with Crippen LogP contribution in [0, 0.1) is 6.92 Å². The Morgan fingerprint density at radius 3 is 2.80 bits per heavy atom. The van der Waals surface area contributed by atoms with E-state index >= 15 is 0 Å². The number of anilines is 1. The number of hydrogen-bond donors (Lipinski definition) is 1. The fraction of sp³-hybridized carbons (Fsp3) is 0.312. The van der Waals surface area contributed by atoms with Gasteiger partial charge >= 0.3 is 0 Å². The van der Waals surface area contributed by atoms with Crippen LogP contribution in [0.15, 0.2) is 47.4 Å². The molecule has 2 aromatic rings. The molecule has 0 aliphatic carbocycles. The topological polar surface area (TPSA) is 48.0 Å². The first kappa shape index (κ1) is 14.7. The molecule has 0 saturated heterocycles. The van der Waals surface area contributed by atoms with Gasteiger partial charge < -0.3 is 10.3 Å². The molecule has 0 spiro atoms. The molecule has 0 aliphatic rings. The van der Waals surface area contributed by atoms with Crippen LogP contribution in [0.2, 0.25) is 0 Å². The Balaban J connectivity index is 1.76. The normalized spacial score (nSPS) is 10.7. The van der Waals surface area contributed by atoms with Gasteiger partial charge in [-0.2, -0.15) is 11.8 Å². The van der Waals surface area contributed by atoms with E-state index in [4.69, 9.17) is 5.73 Å². The van der Waals surface area contributed by atoms with E-state index in [0.29, 0.717) is 5.69 Å². The van der Waals surface area contributed by atoms with Crippen molar-refractivity contribution < 1.29 is 0 Å². The Hall–Kier alpha value is -1.68. The van der Waals surface area contributed by atoms with Crippen molar-refractivity contribution in [2.45, 2.75) is 25.6 Å². The quantitative estimate of drug-likeness (QED) is 0.831. The first-order valence-corrected chi connectivity index (χ1v) is 7.90. The average Bonchev–Trinajstić information content (AvgIpc) is 2.44. The molecule has 1 aromatic heterocycles. The van der Waals surface area contributed by atoms with Gasteiger partial charge in [-0.15, -0.1) is 0 Å². The van der Waals surface area contributed by atoms with Crippen molar-refractivity contribution in [2.24, 2.45) is 0 Å². The highest BCUT2D eigenvalue weighted by molar-refractivity contribution is 7.98. The van der Waals surface area contributed by atoms with Crippen LogP contribution in [-0.4, -0.2) is 10.3 Å². The van der Waals surface area contributed by atoms with Crippen LogP contribution < -0.4 is 11.3 Å². The van der Waals surface area contributed by atoms with E-state index < -0.39 is 0 Å². The second kappa shape index (κ2) is 7.20. The smallest absolute Gasteiger partial charge is 0.250 e. The second-order valence-electron chi connectivity index (χ2n) is 4.83. The molecule has 0 aliphatic heterocycles. The molecule has 1 heterocycles. The molecular formula is C16H20N2OS. The van der Waals surface area contributed by atoms with Crippen molar-refractivity contribution in [1.29, 1.82) is 0 Å². The van der Waals surface area contributed by atoms with E-state index in [2.05, 4.69) is 31.2 Å². The summed E-state index contributed by atoms with van der Waals surface area (Å²) in [5.41, 5.74) is 9.07. The first-order valence-electron chi connectivity index (χ1n) is 6.75. The Kier molecular flexibility index (Phi) is 5.30. The zero-order valence-corrected chi connectivity index (χ0v) is 12.5. The van der Waals surface area contributed by atoms with Crippen molar-refractivity contribution in [1.82, 2.24) is 4.57 Å². The zero-order valence-electron chi connectivity index (χ0n) is 11.7. The average molecular weight is 288 g/mol. The number of aromatic nitrogens is 1. The summed E-state index contributed by atoms with van der Waals surface area (Å²) in [6, 6.07) is 11.6. The molecule has 0 atom stereocenters. The van der Waals surface area contributed by atoms with E-state index in [-0.39, 0.29) is 5.56 Å². The number of nitrogens with two attached hydrogens (primary N) is 1. The van der Waals surface area contributed by atoms with Crippen LogP contribution in [0.4, 0.5) is 5.69 Å². The molecule has 0 amide bonds. The van der Waals surface area contributed by atoms with Gasteiger partial charge in [-0.05, 0) is 36.3 Å². The third-order valence-electron chi connectivity index (χ3n) is 3.21. The molecule has 20 heavy (non-hydrogen) atoms. The van der Waals surface area contributed by atoms with Crippen LogP contribution in [0.1, 0.15) is 17.5 Å². The number of rotatable bonds is 6. The Bertz CT molecular complexity index is 622. The molecule has 1 aromatic carbocycles. The standard InChI is InChI=1S/C16H20N2OS/c1-13-5-2-3-6-14(13)12-20-10-4-9-18-11-15(17)7-8-16(18)19/h2-3,5-8,11H,4,9-10,12,17H2,1H3. The van der Waals surface area contributed by atoms with Crippen LogP contribution in [-0.2, 0) is 12.3 Å². The van der Waals surface area contributed by atoms with Gasteiger partial charge in [0.1, 0.15) is 0 Å². The number of pyridine rings is 1. The maximum atomic E-state index is 11.6. The first-order chi connectivity index (χ1) is 9.66. The number of aryl methyl sites for hydroxylation is 2. The maximum absolute atomic E-state index is 11.6. The number of hydrogen-bond acceptors (Lipinski definition) is 3. The minimum absolute atomic E-state index is 0.0168. The molecule has 106 valence electrons. The molecule has 3 nitrogen and oxygen atoms in total. The molecule has 0 unspecified atom stereocenters. The number of nitrogens with zero attached hydrogens (tertiary/aromatic N) is 1. The summed E-state index contributed by atoms with van der Waals surface area (Å²) in [5.74, 6) is 2.06. The number of benzene rings is 1. The van der Waals surface area contributed by atoms with Gasteiger partial charge in [-0.1, -0.05) is 24.3 Å². The molecule has 0 fully saturated rings. The lowest BCUT2D eigenvalue weighted by Gasteiger charge is -2.07. The van der Waals surface area contributed by atoms with Gasteiger partial charge in [-0.25, -0.2) is 0 Å². The molecule has 2 rings (SSSR count). The van der Waals surface area contributed by atoms with Gasteiger partial charge in [-0.3, -0.25) is 4.79 Å². The Morgan fingerprint density at radius 2 is 2.00 bits per heavy atom. The summed E-state index contributed by atoms with van der Waals surface area (Å²) in [5, 5.41) is 0. The molecule has 0 saturated carbocycles. The van der Waals surface area contributed by atoms with Crippen molar-refractivity contribution in [3.05, 3.63) is 64.1 Å². The van der Waals surface area contributed by atoms with E-state index in [1.807, 2.05) is 11.8 Å². The van der Waals surface area contributed by atoms with Crippen molar-refractivity contribution >= 4 is 17.4 Å². The summed E-state index contributed by atoms with van der Waals surface area (Å²) in [7, 11) is 0. The highest BCUT2D eigenvalue weighted by atomic mass is 32.2. The molecule has 2 N–H and O–H groups in total. The second-order valence-corrected chi connectivity index (χ2v) is 5.93. The Labute approximate surface area is 123 Å². The summed E-state index contributed by atoms with van der Waals surface area (Å²) in [6.07, 6.45) is 2.69. The van der Waals surface area contributed by atoms with E-state index in [9.17, 15) is 4.79 Å². The van der Waals surface area contributed by atoms with Crippen molar-refractivity contribution in [3.63, 3.8) is 0 Å². The van der Waals surface area contributed by atoms with E-state index in [1.54, 1.807) is 16.8 Å². The molecular weight excluding hydrogens is 268 g/mol. The summed E-state index contributed by atoms with van der Waals surface area (Å²) < 4.78 is 1.68. The monoisotopic (exact) mass is 288 g/mol. The lowest BCUT2D eigenvalue weighted by atomic mass is 10.1. The minimum atomic E-state index is 0.0168. The summed E-state index contributed by atoms with van der Waals surface area (Å²) in [6.45, 7) is 2.87. The fourth-order valence-electron chi connectivity index (χ4n) is 2.02. The maximum Gasteiger partial charge on any atom is 0.250 e. The van der Waals surface area contributed by atoms with Gasteiger partial charge in [0.05, 0.1) is 0 Å². The number of nitrogen functional groups attached to an aromatic ring is 1. The highest BCUT2D eigenvalue weighted by Crippen LogP contribution is 2.16. The van der Waals surface area contributed by atoms with Crippen molar-refractivity contribution in [2.75, 3.05) is 11.5 Å². The molecule has 0 bridgehead atoms. The van der Waals surface area contributed by atoms with Gasteiger partial charge in [0, 0.05) is 30.2 Å². The lowest BCUT2D eigenvalue weighted by molar-refractivity contribution is 0.660. The van der Waals surface area contributed by atoms with Crippen LogP contribution in [0.5, 0.6) is 0 Å². The van der Waals surface area contributed by atoms with E-state index in [1.165, 1.54) is 17.2 Å². The molecule has 4 heteroatoms. The van der Waals surface area contributed by atoms with Crippen molar-refractivity contribution in [3.8, 4) is 0 Å². The summed E-state index contributed by atoms with van der Waals surface area (Å²) in [4.78, 5) is 11.6. The third kappa shape index (κ3) is 4.17. The highest BCUT2D eigenvalue weighted by Gasteiger charge is 1.99. The lowest BCUT2D eigenvalue weighted by Crippen LogP contribution is -2.19. The third-order valence-corrected chi connectivity index (χ3v) is 4.31. The number of thioether (sulfide) groups is 1. The Morgan fingerprint density at radius 1 is 1.20 bits per heavy atom. The summed E-state index contributed by atoms with van der Waals surface area (Å²) >= 11 is 1.90. The fourth-order valence-corrected chi connectivity index (χ4v) is 3.04. The van der Waals surface area contributed by atoms with Crippen LogP contribution in [0.3, 0.4) is 0 Å². The zero-order chi connectivity index (χ0) is 14.4. The van der Waals surface area contributed by atoms with E-state index in [0.717, 1.165) is 24.5 Å². The van der Waals surface area contributed by atoms with Crippen LogP contribution >= 0.6 is 11.8 Å². The van der Waals surface area contributed by atoms with Gasteiger partial charge in [0.15, 0.2) is 0 Å². The van der Waals surface area contributed by atoms with Crippen LogP contribution in [0.25, 0.3) is 0 Å². The SMILES string of the molecule is Cc1ccccc1CSCCCn1cc(N)ccc1=O. The predicted octanol–water partition coefficient (Wildman–Crippen LogP) is 3.06.